The number of alkyl halides is 3. The Kier molecular flexibility index (Phi) is 9.84. The zero-order valence-electron chi connectivity index (χ0n) is 24.4. The Hall–Kier alpha value is -3.86. The van der Waals surface area contributed by atoms with Gasteiger partial charge in [0, 0.05) is 12.6 Å². The summed E-state index contributed by atoms with van der Waals surface area (Å²) in [6.07, 6.45) is -1.07. The van der Waals surface area contributed by atoms with Gasteiger partial charge in [0.15, 0.2) is 0 Å². The van der Waals surface area contributed by atoms with E-state index in [2.05, 4.69) is 5.32 Å². The van der Waals surface area contributed by atoms with Crippen molar-refractivity contribution < 1.29 is 31.2 Å². The van der Waals surface area contributed by atoms with E-state index >= 15 is 0 Å². The molecule has 0 aliphatic heterocycles. The molecular weight excluding hydrogens is 579 g/mol. The molecule has 0 radical (unpaired) electrons. The number of anilines is 1. The first-order chi connectivity index (χ1) is 20.3. The van der Waals surface area contributed by atoms with Gasteiger partial charge < -0.3 is 10.2 Å². The first-order valence-electron chi connectivity index (χ1n) is 14.2. The quantitative estimate of drug-likeness (QED) is 0.304. The van der Waals surface area contributed by atoms with Crippen LogP contribution in [0.3, 0.4) is 0 Å². The summed E-state index contributed by atoms with van der Waals surface area (Å²) in [6, 6.07) is 16.0. The van der Waals surface area contributed by atoms with Gasteiger partial charge in [-0.05, 0) is 69.5 Å². The molecule has 1 aliphatic rings. The highest BCUT2D eigenvalue weighted by molar-refractivity contribution is 7.92. The van der Waals surface area contributed by atoms with E-state index in [1.807, 2.05) is 31.2 Å². The minimum atomic E-state index is -4.73. The minimum absolute atomic E-state index is 0.000618. The van der Waals surface area contributed by atoms with Crippen LogP contribution in [-0.2, 0) is 32.3 Å². The monoisotopic (exact) mass is 615 g/mol. The Labute approximate surface area is 250 Å². The summed E-state index contributed by atoms with van der Waals surface area (Å²) in [4.78, 5) is 28.4. The van der Waals surface area contributed by atoms with Gasteiger partial charge in [-0.15, -0.1) is 0 Å². The van der Waals surface area contributed by atoms with Gasteiger partial charge in [0.1, 0.15) is 12.6 Å². The lowest BCUT2D eigenvalue weighted by atomic mass is 10.1. The fraction of sp³-hybridized carbons (Fsp3) is 0.375. The van der Waals surface area contributed by atoms with Crippen LogP contribution in [0.25, 0.3) is 0 Å². The van der Waals surface area contributed by atoms with E-state index in [-0.39, 0.29) is 29.1 Å². The second-order valence-corrected chi connectivity index (χ2v) is 12.9. The zero-order chi connectivity index (χ0) is 31.4. The highest BCUT2D eigenvalue weighted by Gasteiger charge is 2.35. The van der Waals surface area contributed by atoms with E-state index in [1.54, 1.807) is 26.0 Å². The summed E-state index contributed by atoms with van der Waals surface area (Å²) >= 11 is 0. The van der Waals surface area contributed by atoms with Crippen LogP contribution in [0, 0.1) is 13.8 Å². The van der Waals surface area contributed by atoms with Crippen molar-refractivity contribution in [2.75, 3.05) is 10.8 Å². The van der Waals surface area contributed by atoms with Gasteiger partial charge in [-0.1, -0.05) is 66.4 Å². The van der Waals surface area contributed by atoms with Crippen LogP contribution in [0.5, 0.6) is 0 Å². The third-order valence-corrected chi connectivity index (χ3v) is 9.48. The summed E-state index contributed by atoms with van der Waals surface area (Å²) in [5, 5.41) is 2.99. The molecule has 43 heavy (non-hydrogen) atoms. The molecule has 1 N–H and O–H groups in total. The van der Waals surface area contributed by atoms with Gasteiger partial charge in [0.05, 0.1) is 16.1 Å². The number of carbonyl (C=O) groups excluding carboxylic acids is 2. The van der Waals surface area contributed by atoms with Gasteiger partial charge in [0.2, 0.25) is 11.8 Å². The molecule has 3 aromatic rings. The number of amides is 2. The molecule has 0 spiro atoms. The summed E-state index contributed by atoms with van der Waals surface area (Å²) in [5.74, 6) is -1.11. The van der Waals surface area contributed by atoms with Crippen LogP contribution in [0.4, 0.5) is 18.9 Å². The number of nitrogens with one attached hydrogen (secondary N) is 1. The molecule has 0 heterocycles. The molecule has 7 nitrogen and oxygen atoms in total. The molecule has 2 amide bonds. The Morgan fingerprint density at radius 3 is 2.09 bits per heavy atom. The molecule has 4 rings (SSSR count). The average molecular weight is 616 g/mol. The van der Waals surface area contributed by atoms with E-state index in [0.717, 1.165) is 48.9 Å². The lowest BCUT2D eigenvalue weighted by Gasteiger charge is -2.32. The maximum absolute atomic E-state index is 14.0. The number of nitrogens with zero attached hydrogens (tertiary/aromatic N) is 2. The number of aryl methyl sites for hydroxylation is 2. The van der Waals surface area contributed by atoms with Crippen LogP contribution in [-0.4, -0.2) is 43.8 Å². The lowest BCUT2D eigenvalue weighted by Crippen LogP contribution is -2.52. The maximum Gasteiger partial charge on any atom is 0.416 e. The Morgan fingerprint density at radius 2 is 1.51 bits per heavy atom. The van der Waals surface area contributed by atoms with Crippen molar-refractivity contribution in [3.8, 4) is 0 Å². The molecule has 0 bridgehead atoms. The van der Waals surface area contributed by atoms with Crippen molar-refractivity contribution >= 4 is 27.5 Å². The van der Waals surface area contributed by atoms with Gasteiger partial charge in [0.25, 0.3) is 10.0 Å². The molecule has 0 saturated heterocycles. The van der Waals surface area contributed by atoms with Crippen molar-refractivity contribution in [1.29, 1.82) is 0 Å². The second-order valence-electron chi connectivity index (χ2n) is 11.0. The lowest BCUT2D eigenvalue weighted by molar-refractivity contribution is -0.139. The van der Waals surface area contributed by atoms with Crippen molar-refractivity contribution in [3.63, 3.8) is 0 Å². The van der Waals surface area contributed by atoms with Crippen LogP contribution < -0.4 is 9.62 Å². The first-order valence-corrected chi connectivity index (χ1v) is 15.6. The standard InChI is InChI=1S/C32H36F3N3O4S/c1-22-11-15-25(16-12-22)20-37(24(3)31(40)36-27-8-4-5-9-27)30(39)21-38(28-10-6-7-26(19-28)32(33,34)35)43(41,42)29-17-13-23(2)14-18-29/h6-7,10-19,24,27H,4-5,8-9,20-21H2,1-3H3,(H,36,40)/t24-/m0/s1. The van der Waals surface area contributed by atoms with Crippen LogP contribution in [0.1, 0.15) is 54.9 Å². The number of hydrogen-bond donors (Lipinski definition) is 1. The largest absolute Gasteiger partial charge is 0.416 e. The SMILES string of the molecule is Cc1ccc(CN(C(=O)CN(c2cccc(C(F)(F)F)c2)S(=O)(=O)c2ccc(C)cc2)[C@@H](C)C(=O)NC2CCCC2)cc1. The second kappa shape index (κ2) is 13.2. The molecule has 3 aromatic carbocycles. The number of benzene rings is 3. The van der Waals surface area contributed by atoms with Gasteiger partial charge >= 0.3 is 6.18 Å². The predicted molar refractivity (Wildman–Crippen MR) is 159 cm³/mol. The Balaban J connectivity index is 1.73. The fourth-order valence-corrected chi connectivity index (χ4v) is 6.47. The van der Waals surface area contributed by atoms with Crippen LogP contribution in [0.2, 0.25) is 0 Å². The van der Waals surface area contributed by atoms with E-state index in [4.69, 9.17) is 0 Å². The van der Waals surface area contributed by atoms with Gasteiger partial charge in [-0.3, -0.25) is 13.9 Å². The summed E-state index contributed by atoms with van der Waals surface area (Å²) in [5.41, 5.74) is 1.12. The molecule has 1 fully saturated rings. The molecule has 230 valence electrons. The third-order valence-electron chi connectivity index (χ3n) is 7.69. The first kappa shape index (κ1) is 32.1. The fourth-order valence-electron chi connectivity index (χ4n) is 5.07. The number of hydrogen-bond acceptors (Lipinski definition) is 4. The number of rotatable bonds is 10. The van der Waals surface area contributed by atoms with Crippen molar-refractivity contribution in [2.24, 2.45) is 0 Å². The molecule has 11 heteroatoms. The van der Waals surface area contributed by atoms with Crippen molar-refractivity contribution in [1.82, 2.24) is 10.2 Å². The Morgan fingerprint density at radius 1 is 0.930 bits per heavy atom. The molecule has 0 unspecified atom stereocenters. The summed E-state index contributed by atoms with van der Waals surface area (Å²) < 4.78 is 69.3. The van der Waals surface area contributed by atoms with E-state index in [0.29, 0.717) is 15.9 Å². The van der Waals surface area contributed by atoms with E-state index < -0.39 is 40.3 Å². The zero-order valence-corrected chi connectivity index (χ0v) is 25.2. The molecule has 0 aromatic heterocycles. The molecule has 1 saturated carbocycles. The number of halogens is 3. The number of sulfonamides is 1. The normalized spacial score (nSPS) is 14.7. The predicted octanol–water partition coefficient (Wildman–Crippen LogP) is 5.99. The number of carbonyl (C=O) groups is 2. The van der Waals surface area contributed by atoms with E-state index in [1.165, 1.54) is 23.1 Å². The summed E-state index contributed by atoms with van der Waals surface area (Å²) in [7, 11) is -4.49. The maximum atomic E-state index is 14.0. The summed E-state index contributed by atoms with van der Waals surface area (Å²) in [6.45, 7) is 4.43. The van der Waals surface area contributed by atoms with Crippen molar-refractivity contribution in [2.45, 2.75) is 76.2 Å². The smallest absolute Gasteiger partial charge is 0.352 e. The van der Waals surface area contributed by atoms with Crippen LogP contribution >= 0.6 is 0 Å². The van der Waals surface area contributed by atoms with Crippen LogP contribution in [0.15, 0.2) is 77.7 Å². The Bertz CT molecular complexity index is 1540. The molecule has 1 atom stereocenters. The van der Waals surface area contributed by atoms with Gasteiger partial charge in [-0.2, -0.15) is 13.2 Å². The third kappa shape index (κ3) is 7.95. The molecular formula is C32H36F3N3O4S. The highest BCUT2D eigenvalue weighted by Crippen LogP contribution is 2.33. The average Bonchev–Trinajstić information content (AvgIpc) is 3.48. The minimum Gasteiger partial charge on any atom is -0.352 e. The molecule has 1 aliphatic carbocycles. The van der Waals surface area contributed by atoms with E-state index in [9.17, 15) is 31.2 Å². The highest BCUT2D eigenvalue weighted by atomic mass is 32.2. The van der Waals surface area contributed by atoms with Gasteiger partial charge in [-0.25, -0.2) is 8.42 Å². The van der Waals surface area contributed by atoms with Crippen molar-refractivity contribution in [3.05, 3.63) is 95.1 Å². The topological polar surface area (TPSA) is 86.8 Å².